The molecule has 3 aromatic carbocycles. The maximum absolute atomic E-state index is 9.03. The summed E-state index contributed by atoms with van der Waals surface area (Å²) in [5, 5.41) is 11.7. The van der Waals surface area contributed by atoms with E-state index < -0.39 is 0 Å². The van der Waals surface area contributed by atoms with Crippen LogP contribution in [0.2, 0.25) is 5.02 Å². The number of ether oxygens (including phenoxy) is 1. The van der Waals surface area contributed by atoms with Gasteiger partial charge in [0, 0.05) is 15.8 Å². The van der Waals surface area contributed by atoms with E-state index in [0.717, 1.165) is 27.8 Å². The van der Waals surface area contributed by atoms with E-state index >= 15 is 0 Å². The molecule has 0 atom stereocenters. The SMILES string of the molecule is OCc1ccc(Oc2ccc(Cl)c3ccccc23)cc1. The molecule has 0 amide bonds. The fourth-order valence-electron chi connectivity index (χ4n) is 2.11. The largest absolute Gasteiger partial charge is 0.457 e. The molecule has 3 heteroatoms. The van der Waals surface area contributed by atoms with Gasteiger partial charge in [-0.1, -0.05) is 48.0 Å². The number of halogens is 1. The van der Waals surface area contributed by atoms with Crippen molar-refractivity contribution in [3.63, 3.8) is 0 Å². The van der Waals surface area contributed by atoms with Crippen molar-refractivity contribution in [1.29, 1.82) is 0 Å². The van der Waals surface area contributed by atoms with Crippen LogP contribution in [-0.4, -0.2) is 5.11 Å². The lowest BCUT2D eigenvalue weighted by atomic mass is 10.1. The standard InChI is InChI=1S/C17H13ClO2/c18-16-9-10-17(15-4-2-1-3-14(15)16)20-13-7-5-12(11-19)6-8-13/h1-10,19H,11H2. The van der Waals surface area contributed by atoms with E-state index in [4.69, 9.17) is 21.4 Å². The zero-order chi connectivity index (χ0) is 13.9. The molecule has 0 saturated heterocycles. The van der Waals surface area contributed by atoms with Crippen LogP contribution in [-0.2, 0) is 6.61 Å². The zero-order valence-electron chi connectivity index (χ0n) is 10.7. The molecule has 1 N–H and O–H groups in total. The monoisotopic (exact) mass is 284 g/mol. The van der Waals surface area contributed by atoms with Crippen LogP contribution in [0, 0.1) is 0 Å². The Morgan fingerprint density at radius 3 is 2.25 bits per heavy atom. The molecule has 0 aliphatic heterocycles. The van der Waals surface area contributed by atoms with E-state index in [0.29, 0.717) is 5.02 Å². The fraction of sp³-hybridized carbons (Fsp3) is 0.0588. The Balaban J connectivity index is 2.00. The van der Waals surface area contributed by atoms with Gasteiger partial charge in [0.15, 0.2) is 0 Å². The van der Waals surface area contributed by atoms with Crippen molar-refractivity contribution in [1.82, 2.24) is 0 Å². The number of fused-ring (bicyclic) bond motifs is 1. The third kappa shape index (κ3) is 2.48. The van der Waals surface area contributed by atoms with Crippen molar-refractivity contribution in [3.8, 4) is 11.5 Å². The van der Waals surface area contributed by atoms with Crippen LogP contribution in [0.3, 0.4) is 0 Å². The van der Waals surface area contributed by atoms with E-state index in [9.17, 15) is 0 Å². The molecule has 0 heterocycles. The average molecular weight is 285 g/mol. The molecule has 100 valence electrons. The Hall–Kier alpha value is -2.03. The minimum Gasteiger partial charge on any atom is -0.457 e. The summed E-state index contributed by atoms with van der Waals surface area (Å²) >= 11 is 6.19. The summed E-state index contributed by atoms with van der Waals surface area (Å²) in [5.74, 6) is 1.50. The number of aliphatic hydroxyl groups excluding tert-OH is 1. The van der Waals surface area contributed by atoms with Gasteiger partial charge in [-0.2, -0.15) is 0 Å². The predicted molar refractivity (Wildman–Crippen MR) is 81.4 cm³/mol. The van der Waals surface area contributed by atoms with Gasteiger partial charge in [-0.15, -0.1) is 0 Å². The second kappa shape index (κ2) is 5.53. The summed E-state index contributed by atoms with van der Waals surface area (Å²) < 4.78 is 5.91. The van der Waals surface area contributed by atoms with Crippen molar-refractivity contribution in [2.45, 2.75) is 6.61 Å². The summed E-state index contributed by atoms with van der Waals surface area (Å²) in [6, 6.07) is 18.9. The maximum atomic E-state index is 9.03. The summed E-state index contributed by atoms with van der Waals surface area (Å²) in [5.41, 5.74) is 0.860. The van der Waals surface area contributed by atoms with Gasteiger partial charge in [0.2, 0.25) is 0 Å². The first-order chi connectivity index (χ1) is 9.78. The molecule has 3 aromatic rings. The molecule has 3 rings (SSSR count). The van der Waals surface area contributed by atoms with Gasteiger partial charge in [0.1, 0.15) is 11.5 Å². The lowest BCUT2D eigenvalue weighted by Crippen LogP contribution is -1.88. The number of hydrogen-bond acceptors (Lipinski definition) is 2. The topological polar surface area (TPSA) is 29.5 Å². The Labute approximate surface area is 122 Å². The summed E-state index contributed by atoms with van der Waals surface area (Å²) in [6.07, 6.45) is 0. The molecule has 2 nitrogen and oxygen atoms in total. The first-order valence-electron chi connectivity index (χ1n) is 6.33. The molecule has 0 aliphatic carbocycles. The first kappa shape index (κ1) is 13.0. The molecule has 0 radical (unpaired) electrons. The van der Waals surface area contributed by atoms with Gasteiger partial charge in [0.25, 0.3) is 0 Å². The van der Waals surface area contributed by atoms with Gasteiger partial charge in [-0.25, -0.2) is 0 Å². The quantitative estimate of drug-likeness (QED) is 0.750. The van der Waals surface area contributed by atoms with E-state index in [2.05, 4.69) is 0 Å². The molecule has 0 aromatic heterocycles. The minimum atomic E-state index is 0.0319. The highest BCUT2D eigenvalue weighted by molar-refractivity contribution is 6.35. The van der Waals surface area contributed by atoms with Gasteiger partial charge in [0.05, 0.1) is 6.61 Å². The predicted octanol–water partition coefficient (Wildman–Crippen LogP) is 4.78. The summed E-state index contributed by atoms with van der Waals surface area (Å²) in [6.45, 7) is 0.0319. The molecular formula is C17H13ClO2. The maximum Gasteiger partial charge on any atom is 0.135 e. The van der Waals surface area contributed by atoms with Gasteiger partial charge < -0.3 is 9.84 Å². The smallest absolute Gasteiger partial charge is 0.135 e. The lowest BCUT2D eigenvalue weighted by molar-refractivity contribution is 0.281. The first-order valence-corrected chi connectivity index (χ1v) is 6.70. The summed E-state index contributed by atoms with van der Waals surface area (Å²) in [4.78, 5) is 0. The van der Waals surface area contributed by atoms with E-state index in [1.165, 1.54) is 0 Å². The molecule has 0 aliphatic rings. The molecule has 0 spiro atoms. The molecule has 0 fully saturated rings. The lowest BCUT2D eigenvalue weighted by Gasteiger charge is -2.10. The molecule has 0 saturated carbocycles. The van der Waals surface area contributed by atoms with Crippen LogP contribution < -0.4 is 4.74 Å². The van der Waals surface area contributed by atoms with Crippen LogP contribution in [0.1, 0.15) is 5.56 Å². The van der Waals surface area contributed by atoms with Crippen molar-refractivity contribution in [2.75, 3.05) is 0 Å². The zero-order valence-corrected chi connectivity index (χ0v) is 11.5. The molecule has 0 bridgehead atoms. The summed E-state index contributed by atoms with van der Waals surface area (Å²) in [7, 11) is 0. The Morgan fingerprint density at radius 1 is 0.850 bits per heavy atom. The number of hydrogen-bond donors (Lipinski definition) is 1. The third-order valence-corrected chi connectivity index (χ3v) is 3.49. The van der Waals surface area contributed by atoms with Crippen LogP contribution in [0.15, 0.2) is 60.7 Å². The highest BCUT2D eigenvalue weighted by Gasteiger charge is 2.06. The number of benzene rings is 3. The van der Waals surface area contributed by atoms with Crippen LogP contribution in [0.4, 0.5) is 0 Å². The van der Waals surface area contributed by atoms with Crippen molar-refractivity contribution < 1.29 is 9.84 Å². The number of rotatable bonds is 3. The van der Waals surface area contributed by atoms with E-state index in [-0.39, 0.29) is 6.61 Å². The Kier molecular flexibility index (Phi) is 3.59. The highest BCUT2D eigenvalue weighted by Crippen LogP contribution is 2.34. The second-order valence-electron chi connectivity index (χ2n) is 4.50. The van der Waals surface area contributed by atoms with Crippen LogP contribution in [0.25, 0.3) is 10.8 Å². The van der Waals surface area contributed by atoms with E-state index in [1.54, 1.807) is 0 Å². The highest BCUT2D eigenvalue weighted by atomic mass is 35.5. The minimum absolute atomic E-state index is 0.0319. The normalized spacial score (nSPS) is 10.7. The van der Waals surface area contributed by atoms with Gasteiger partial charge in [-0.3, -0.25) is 0 Å². The third-order valence-electron chi connectivity index (χ3n) is 3.16. The van der Waals surface area contributed by atoms with Crippen molar-refractivity contribution in [3.05, 3.63) is 71.2 Å². The van der Waals surface area contributed by atoms with Crippen LogP contribution in [0.5, 0.6) is 11.5 Å². The van der Waals surface area contributed by atoms with Crippen LogP contribution >= 0.6 is 11.6 Å². The Bertz CT molecular complexity index is 736. The fourth-order valence-corrected chi connectivity index (χ4v) is 2.34. The van der Waals surface area contributed by atoms with Gasteiger partial charge >= 0.3 is 0 Å². The molecular weight excluding hydrogens is 272 g/mol. The Morgan fingerprint density at radius 2 is 1.55 bits per heavy atom. The molecule has 20 heavy (non-hydrogen) atoms. The van der Waals surface area contributed by atoms with Crippen molar-refractivity contribution >= 4 is 22.4 Å². The van der Waals surface area contributed by atoms with Gasteiger partial charge in [-0.05, 0) is 29.8 Å². The second-order valence-corrected chi connectivity index (χ2v) is 4.90. The average Bonchev–Trinajstić information content (AvgIpc) is 2.51. The van der Waals surface area contributed by atoms with Crippen molar-refractivity contribution in [2.24, 2.45) is 0 Å². The van der Waals surface area contributed by atoms with E-state index in [1.807, 2.05) is 60.7 Å². The number of aliphatic hydroxyl groups is 1. The molecule has 0 unspecified atom stereocenters.